The van der Waals surface area contributed by atoms with Gasteiger partial charge in [-0.1, -0.05) is 152 Å². The second-order valence-corrected chi connectivity index (χ2v) is 15.4. The van der Waals surface area contributed by atoms with E-state index in [9.17, 15) is 14.7 Å². The van der Waals surface area contributed by atoms with Crippen LogP contribution in [0.1, 0.15) is 73.7 Å². The van der Waals surface area contributed by atoms with Crippen LogP contribution in [0.5, 0.6) is 0 Å². The highest BCUT2D eigenvalue weighted by Crippen LogP contribution is 2.41. The Labute approximate surface area is 344 Å². The summed E-state index contributed by atoms with van der Waals surface area (Å²) < 4.78 is 19.8. The van der Waals surface area contributed by atoms with Gasteiger partial charge in [0.1, 0.15) is 5.69 Å². The number of hydrogen-bond acceptors (Lipinski definition) is 8. The zero-order valence-corrected chi connectivity index (χ0v) is 33.5. The smallest absolute Gasteiger partial charge is 0.256 e. The van der Waals surface area contributed by atoms with Crippen LogP contribution in [-0.2, 0) is 32.2 Å². The molecule has 3 atom stereocenters. The molecule has 3 N–H and O–H groups in total. The zero-order chi connectivity index (χ0) is 40.1. The van der Waals surface area contributed by atoms with E-state index in [1.54, 1.807) is 0 Å². The maximum Gasteiger partial charge on any atom is 0.256 e. The Morgan fingerprint density at radius 3 is 2.16 bits per heavy atom. The molecule has 0 spiro atoms. The molecule has 1 aliphatic heterocycles. The summed E-state index contributed by atoms with van der Waals surface area (Å²) in [5.74, 6) is 1.32. The number of carbonyl (C=O) groups excluding carboxylic acids is 2. The van der Waals surface area contributed by atoms with Gasteiger partial charge in [0.2, 0.25) is 11.8 Å². The summed E-state index contributed by atoms with van der Waals surface area (Å²) in [6, 6.07) is 44.4. The van der Waals surface area contributed by atoms with Crippen LogP contribution in [0.4, 0.5) is 0 Å². The highest BCUT2D eigenvalue weighted by Gasteiger charge is 2.33. The first-order valence-electron chi connectivity index (χ1n) is 19.9. The first-order valence-corrected chi connectivity index (χ1v) is 20.9. The molecule has 9 nitrogen and oxygen atoms in total. The molecule has 7 rings (SSSR count). The summed E-state index contributed by atoms with van der Waals surface area (Å²) >= 11 is 1.53. The molecule has 0 bridgehead atoms. The lowest BCUT2D eigenvalue weighted by molar-refractivity contribution is -0.245. The molecule has 1 saturated heterocycles. The molecule has 58 heavy (non-hydrogen) atoms. The van der Waals surface area contributed by atoms with Gasteiger partial charge in [0.15, 0.2) is 12.1 Å². The number of hydrogen-bond donors (Lipinski definition) is 3. The number of benzene rings is 5. The van der Waals surface area contributed by atoms with E-state index in [0.29, 0.717) is 36.9 Å². The second kappa shape index (κ2) is 20.3. The molecule has 2 heterocycles. The highest BCUT2D eigenvalue weighted by molar-refractivity contribution is 7.99. The summed E-state index contributed by atoms with van der Waals surface area (Å²) in [5, 5.41) is 16.1. The van der Waals surface area contributed by atoms with Crippen LogP contribution in [0.2, 0.25) is 0 Å². The fraction of sp³-hybridized carbons (Fsp3) is 0.271. The third-order valence-corrected chi connectivity index (χ3v) is 11.1. The zero-order valence-electron chi connectivity index (χ0n) is 32.6. The van der Waals surface area contributed by atoms with Crippen molar-refractivity contribution >= 4 is 23.6 Å². The molecule has 10 heteroatoms. The third kappa shape index (κ3) is 10.9. The van der Waals surface area contributed by atoms with Crippen molar-refractivity contribution in [1.29, 1.82) is 0 Å². The number of amides is 2. The van der Waals surface area contributed by atoms with Gasteiger partial charge in [-0.15, -0.1) is 0 Å². The molecule has 0 radical (unpaired) electrons. The number of nitrogens with one attached hydrogen (secondary N) is 2. The normalized spacial score (nSPS) is 16.5. The van der Waals surface area contributed by atoms with E-state index >= 15 is 0 Å². The molecule has 1 fully saturated rings. The molecule has 3 unspecified atom stereocenters. The van der Waals surface area contributed by atoms with Gasteiger partial charge >= 0.3 is 0 Å². The molecular weight excluding hydrogens is 747 g/mol. The van der Waals surface area contributed by atoms with E-state index in [-0.39, 0.29) is 30.6 Å². The van der Waals surface area contributed by atoms with Crippen molar-refractivity contribution in [3.05, 3.63) is 156 Å². The van der Waals surface area contributed by atoms with E-state index in [0.717, 1.165) is 75.2 Å². The molecule has 2 amide bonds. The molecule has 1 aromatic heterocycles. The summed E-state index contributed by atoms with van der Waals surface area (Å²) in [5.41, 5.74) is 8.62. The molecule has 1 aliphatic rings. The van der Waals surface area contributed by atoms with Crippen LogP contribution in [-0.4, -0.2) is 40.3 Å². The molecule has 298 valence electrons. The van der Waals surface area contributed by atoms with Crippen LogP contribution in [0.3, 0.4) is 0 Å². The average molecular weight is 796 g/mol. The van der Waals surface area contributed by atoms with Crippen LogP contribution in [0, 0.1) is 0 Å². The number of carbonyl (C=O) groups is 2. The van der Waals surface area contributed by atoms with Crippen molar-refractivity contribution in [3.63, 3.8) is 0 Å². The number of unbranched alkanes of at least 4 members (excludes halogenated alkanes) is 2. The topological polar surface area (TPSA) is 123 Å². The van der Waals surface area contributed by atoms with E-state index in [4.69, 9.17) is 18.9 Å². The quantitative estimate of drug-likeness (QED) is 0.0616. The molecule has 0 aliphatic carbocycles. The van der Waals surface area contributed by atoms with Crippen molar-refractivity contribution in [1.82, 2.24) is 15.6 Å². The SMILES string of the molecule is CC(=O)NCCCCCC(=O)NCc1ccccc1-c1ccc(C2OC(CSc3nc(-c4ccccc4)c(-c4ccccc4)o3)CC(c3ccc(CO)cc3)O2)cc1. The Hall–Kier alpha value is -5.52. The Morgan fingerprint density at radius 1 is 0.741 bits per heavy atom. The van der Waals surface area contributed by atoms with Crippen LogP contribution in [0.15, 0.2) is 143 Å². The number of oxazole rings is 1. The van der Waals surface area contributed by atoms with Crippen LogP contribution < -0.4 is 10.6 Å². The van der Waals surface area contributed by atoms with Crippen molar-refractivity contribution in [2.24, 2.45) is 0 Å². The second-order valence-electron chi connectivity index (χ2n) is 14.4. The number of aliphatic hydroxyl groups is 1. The van der Waals surface area contributed by atoms with Gasteiger partial charge < -0.3 is 29.6 Å². The number of aliphatic hydroxyl groups excluding tert-OH is 1. The summed E-state index contributed by atoms with van der Waals surface area (Å²) in [4.78, 5) is 28.7. The number of nitrogens with zero attached hydrogens (tertiary/aromatic N) is 1. The fourth-order valence-electron chi connectivity index (χ4n) is 7.04. The van der Waals surface area contributed by atoms with Crippen molar-refractivity contribution in [2.75, 3.05) is 12.3 Å². The van der Waals surface area contributed by atoms with E-state index in [1.165, 1.54) is 18.7 Å². The molecular formula is C48H49N3O6S. The highest BCUT2D eigenvalue weighted by atomic mass is 32.2. The number of rotatable bonds is 17. The monoisotopic (exact) mass is 795 g/mol. The molecule has 5 aromatic carbocycles. The largest absolute Gasteiger partial charge is 0.431 e. The van der Waals surface area contributed by atoms with Crippen LogP contribution >= 0.6 is 11.8 Å². The van der Waals surface area contributed by atoms with Gasteiger partial charge in [-0.25, -0.2) is 4.98 Å². The van der Waals surface area contributed by atoms with Crippen molar-refractivity contribution < 1.29 is 28.6 Å². The van der Waals surface area contributed by atoms with Gasteiger partial charge in [-0.3, -0.25) is 9.59 Å². The lowest BCUT2D eigenvalue weighted by atomic mass is 9.97. The molecule has 0 saturated carbocycles. The van der Waals surface area contributed by atoms with E-state index in [2.05, 4.69) is 28.8 Å². The lowest BCUT2D eigenvalue weighted by Crippen LogP contribution is -2.31. The van der Waals surface area contributed by atoms with Gasteiger partial charge in [0, 0.05) is 55.3 Å². The van der Waals surface area contributed by atoms with E-state index in [1.807, 2.05) is 115 Å². The third-order valence-electron chi connectivity index (χ3n) is 10.1. The number of ether oxygens (including phenoxy) is 2. The first kappa shape index (κ1) is 40.7. The van der Waals surface area contributed by atoms with Gasteiger partial charge in [-0.05, 0) is 40.7 Å². The van der Waals surface area contributed by atoms with Gasteiger partial charge in [0.05, 0.1) is 18.8 Å². The Morgan fingerprint density at radius 2 is 1.43 bits per heavy atom. The Kier molecular flexibility index (Phi) is 14.2. The predicted octanol–water partition coefficient (Wildman–Crippen LogP) is 9.82. The van der Waals surface area contributed by atoms with Crippen molar-refractivity contribution in [3.8, 4) is 33.7 Å². The number of thioether (sulfide) groups is 1. The minimum atomic E-state index is -0.618. The minimum Gasteiger partial charge on any atom is -0.431 e. The minimum absolute atomic E-state index is 0.0145. The average Bonchev–Trinajstić information content (AvgIpc) is 3.71. The standard InChI is InChI=1S/C48H49N3O6S/c1-33(53)49-28-12-4-9-19-44(54)50-30-40-17-10-11-18-42(40)35-24-26-39(27-25-35)47-55-41(29-43(56-47)36-22-20-34(31-52)21-23-36)32-58-48-51-45(37-13-5-2-6-14-37)46(57-48)38-15-7-3-8-16-38/h2-3,5-8,10-11,13-18,20-27,41,43,47,52H,4,9,12,19,28-32H2,1H3,(H,49,53)(H,50,54). The fourth-order valence-corrected chi connectivity index (χ4v) is 7.88. The van der Waals surface area contributed by atoms with Crippen molar-refractivity contribution in [2.45, 2.75) is 75.9 Å². The summed E-state index contributed by atoms with van der Waals surface area (Å²) in [6.07, 6.45) is 2.57. The van der Waals surface area contributed by atoms with Crippen LogP contribution in [0.25, 0.3) is 33.7 Å². The van der Waals surface area contributed by atoms with E-state index < -0.39 is 6.29 Å². The van der Waals surface area contributed by atoms with Gasteiger partial charge in [0.25, 0.3) is 5.22 Å². The lowest BCUT2D eigenvalue weighted by Gasteiger charge is -2.36. The predicted molar refractivity (Wildman–Crippen MR) is 227 cm³/mol. The van der Waals surface area contributed by atoms with Gasteiger partial charge in [-0.2, -0.15) is 0 Å². The maximum atomic E-state index is 12.6. The Balaban J connectivity index is 1.04. The molecule has 6 aromatic rings. The Bertz CT molecular complexity index is 2170. The maximum absolute atomic E-state index is 12.6. The first-order chi connectivity index (χ1) is 28.4. The summed E-state index contributed by atoms with van der Waals surface area (Å²) in [6.45, 7) is 2.55. The summed E-state index contributed by atoms with van der Waals surface area (Å²) in [7, 11) is 0. The number of aromatic nitrogens is 1.